The van der Waals surface area contributed by atoms with Gasteiger partial charge in [0, 0.05) is 19.3 Å². The average molecular weight is 241 g/mol. The van der Waals surface area contributed by atoms with Crippen LogP contribution in [0.2, 0.25) is 0 Å². The maximum Gasteiger partial charge on any atom is 0.0681 e. The Morgan fingerprint density at radius 2 is 1.44 bits per heavy atom. The number of nitrogens with zero attached hydrogens (tertiary/aromatic N) is 1. The van der Waals surface area contributed by atoms with E-state index in [4.69, 9.17) is 5.11 Å². The Balaban J connectivity index is 2.05. The normalized spacial score (nSPS) is 10.4. The number of hydrogen-bond donors (Lipinski definition) is 1. The van der Waals surface area contributed by atoms with Crippen LogP contribution in [-0.2, 0) is 13.2 Å². The highest BCUT2D eigenvalue weighted by Gasteiger charge is 2.02. The maximum atomic E-state index is 9.00. The van der Waals surface area contributed by atoms with E-state index in [9.17, 15) is 0 Å². The smallest absolute Gasteiger partial charge is 0.0681 e. The average Bonchev–Trinajstić information content (AvgIpc) is 2.40. The van der Waals surface area contributed by atoms with Gasteiger partial charge in [0.05, 0.1) is 6.61 Å². The van der Waals surface area contributed by atoms with Crippen LogP contribution in [0.25, 0.3) is 0 Å². The van der Waals surface area contributed by atoms with Gasteiger partial charge in [-0.25, -0.2) is 0 Å². The van der Waals surface area contributed by atoms with E-state index in [1.165, 1.54) is 16.8 Å². The van der Waals surface area contributed by atoms with Crippen LogP contribution in [-0.4, -0.2) is 12.2 Å². The first-order valence-corrected chi connectivity index (χ1v) is 6.15. The minimum atomic E-state index is 0.105. The number of hydrogen-bond acceptors (Lipinski definition) is 2. The van der Waals surface area contributed by atoms with Gasteiger partial charge in [0.25, 0.3) is 0 Å². The third-order valence-corrected chi connectivity index (χ3v) is 3.10. The van der Waals surface area contributed by atoms with Crippen LogP contribution in [0.3, 0.4) is 0 Å². The summed E-state index contributed by atoms with van der Waals surface area (Å²) in [5.41, 5.74) is 4.69. The van der Waals surface area contributed by atoms with Crippen molar-refractivity contribution in [3.05, 3.63) is 65.2 Å². The Morgan fingerprint density at radius 1 is 0.889 bits per heavy atom. The molecule has 94 valence electrons. The van der Waals surface area contributed by atoms with Crippen molar-refractivity contribution < 1.29 is 5.11 Å². The van der Waals surface area contributed by atoms with Gasteiger partial charge in [0.1, 0.15) is 0 Å². The molecule has 0 amide bonds. The summed E-state index contributed by atoms with van der Waals surface area (Å²) in [5.74, 6) is 0. The SMILES string of the molecule is Cc1ccc(N(C)Cc2ccc(CO)cc2)cc1. The predicted octanol–water partition coefficient (Wildman–Crippen LogP) is 3.12. The van der Waals surface area contributed by atoms with Crippen molar-refractivity contribution in [2.24, 2.45) is 0 Å². The summed E-state index contributed by atoms with van der Waals surface area (Å²) in [5, 5.41) is 9.00. The van der Waals surface area contributed by atoms with E-state index in [0.717, 1.165) is 12.1 Å². The van der Waals surface area contributed by atoms with Crippen LogP contribution in [0.5, 0.6) is 0 Å². The maximum absolute atomic E-state index is 9.00. The Kier molecular flexibility index (Phi) is 4.00. The Bertz CT molecular complexity index is 488. The Labute approximate surface area is 109 Å². The Hall–Kier alpha value is -1.80. The van der Waals surface area contributed by atoms with Crippen LogP contribution in [0.4, 0.5) is 5.69 Å². The highest BCUT2D eigenvalue weighted by Crippen LogP contribution is 2.16. The lowest BCUT2D eigenvalue weighted by Gasteiger charge is -2.19. The summed E-state index contributed by atoms with van der Waals surface area (Å²) in [4.78, 5) is 2.22. The molecule has 2 rings (SSSR count). The number of benzene rings is 2. The third-order valence-electron chi connectivity index (χ3n) is 3.10. The minimum Gasteiger partial charge on any atom is -0.392 e. The second-order valence-corrected chi connectivity index (χ2v) is 4.67. The van der Waals surface area contributed by atoms with Crippen LogP contribution in [0.1, 0.15) is 16.7 Å². The molecule has 0 bridgehead atoms. The van der Waals surface area contributed by atoms with Crippen molar-refractivity contribution in [2.45, 2.75) is 20.1 Å². The summed E-state index contributed by atoms with van der Waals surface area (Å²) in [6.07, 6.45) is 0. The highest BCUT2D eigenvalue weighted by molar-refractivity contribution is 5.47. The zero-order valence-electron chi connectivity index (χ0n) is 10.9. The molecule has 0 aromatic heterocycles. The van der Waals surface area contributed by atoms with Gasteiger partial charge in [-0.15, -0.1) is 0 Å². The topological polar surface area (TPSA) is 23.5 Å². The van der Waals surface area contributed by atoms with Gasteiger partial charge >= 0.3 is 0 Å². The molecule has 0 saturated carbocycles. The number of aliphatic hydroxyl groups is 1. The summed E-state index contributed by atoms with van der Waals surface area (Å²) in [6, 6.07) is 16.6. The molecule has 0 saturated heterocycles. The van der Waals surface area contributed by atoms with Gasteiger partial charge in [-0.05, 0) is 30.2 Å². The quantitative estimate of drug-likeness (QED) is 0.889. The monoisotopic (exact) mass is 241 g/mol. The van der Waals surface area contributed by atoms with Crippen molar-refractivity contribution in [1.82, 2.24) is 0 Å². The molecule has 0 fully saturated rings. The van der Waals surface area contributed by atoms with Crippen LogP contribution < -0.4 is 4.90 Å². The van der Waals surface area contributed by atoms with Gasteiger partial charge in [0.15, 0.2) is 0 Å². The van der Waals surface area contributed by atoms with Crippen LogP contribution in [0.15, 0.2) is 48.5 Å². The molecule has 0 heterocycles. The molecule has 2 nitrogen and oxygen atoms in total. The fraction of sp³-hybridized carbons (Fsp3) is 0.250. The molecular weight excluding hydrogens is 222 g/mol. The number of anilines is 1. The van der Waals surface area contributed by atoms with E-state index < -0.39 is 0 Å². The summed E-state index contributed by atoms with van der Waals surface area (Å²) >= 11 is 0. The first kappa shape index (κ1) is 12.7. The molecule has 1 N–H and O–H groups in total. The standard InChI is InChI=1S/C16H19NO/c1-13-3-9-16(10-4-13)17(2)11-14-5-7-15(12-18)8-6-14/h3-10,18H,11-12H2,1-2H3. The van der Waals surface area contributed by atoms with E-state index >= 15 is 0 Å². The molecule has 0 spiro atoms. The molecule has 18 heavy (non-hydrogen) atoms. The fourth-order valence-electron chi connectivity index (χ4n) is 1.91. The van der Waals surface area contributed by atoms with Gasteiger partial charge < -0.3 is 10.0 Å². The second kappa shape index (κ2) is 5.69. The van der Waals surface area contributed by atoms with E-state index in [1.807, 2.05) is 12.1 Å². The lowest BCUT2D eigenvalue weighted by molar-refractivity contribution is 0.282. The van der Waals surface area contributed by atoms with Crippen molar-refractivity contribution in [2.75, 3.05) is 11.9 Å². The number of aryl methyl sites for hydroxylation is 1. The van der Waals surface area contributed by atoms with Gasteiger partial charge in [-0.2, -0.15) is 0 Å². The summed E-state index contributed by atoms with van der Waals surface area (Å²) in [7, 11) is 2.09. The second-order valence-electron chi connectivity index (χ2n) is 4.67. The Morgan fingerprint density at radius 3 is 2.00 bits per heavy atom. The summed E-state index contributed by atoms with van der Waals surface area (Å²) in [6.45, 7) is 3.07. The molecule has 2 heteroatoms. The molecule has 0 aliphatic carbocycles. The van der Waals surface area contributed by atoms with Crippen molar-refractivity contribution in [3.63, 3.8) is 0 Å². The first-order valence-electron chi connectivity index (χ1n) is 6.15. The fourth-order valence-corrected chi connectivity index (χ4v) is 1.91. The summed E-state index contributed by atoms with van der Waals surface area (Å²) < 4.78 is 0. The molecule has 0 aliphatic rings. The zero-order chi connectivity index (χ0) is 13.0. The molecule has 0 radical (unpaired) electrons. The van der Waals surface area contributed by atoms with E-state index in [2.05, 4.69) is 55.3 Å². The largest absolute Gasteiger partial charge is 0.392 e. The molecule has 0 aliphatic heterocycles. The van der Waals surface area contributed by atoms with Crippen molar-refractivity contribution in [3.8, 4) is 0 Å². The minimum absolute atomic E-state index is 0.105. The molecule has 2 aromatic carbocycles. The van der Waals surface area contributed by atoms with Crippen LogP contribution in [0, 0.1) is 6.92 Å². The molecular formula is C16H19NO. The van der Waals surface area contributed by atoms with Crippen LogP contribution >= 0.6 is 0 Å². The number of rotatable bonds is 4. The lowest BCUT2D eigenvalue weighted by atomic mass is 10.1. The molecule has 2 aromatic rings. The zero-order valence-corrected chi connectivity index (χ0v) is 10.9. The van der Waals surface area contributed by atoms with Gasteiger partial charge in [0.2, 0.25) is 0 Å². The predicted molar refractivity (Wildman–Crippen MR) is 75.7 cm³/mol. The number of aliphatic hydroxyl groups excluding tert-OH is 1. The van der Waals surface area contributed by atoms with Gasteiger partial charge in [-0.3, -0.25) is 0 Å². The van der Waals surface area contributed by atoms with Gasteiger partial charge in [-0.1, -0.05) is 42.0 Å². The third kappa shape index (κ3) is 3.11. The molecule has 0 atom stereocenters. The highest BCUT2D eigenvalue weighted by atomic mass is 16.3. The van der Waals surface area contributed by atoms with Crippen molar-refractivity contribution >= 4 is 5.69 Å². The van der Waals surface area contributed by atoms with E-state index in [1.54, 1.807) is 0 Å². The van der Waals surface area contributed by atoms with Crippen molar-refractivity contribution in [1.29, 1.82) is 0 Å². The molecule has 0 unspecified atom stereocenters. The van der Waals surface area contributed by atoms with E-state index in [-0.39, 0.29) is 6.61 Å². The first-order chi connectivity index (χ1) is 8.69. The van der Waals surface area contributed by atoms with E-state index in [0.29, 0.717) is 0 Å². The lowest BCUT2D eigenvalue weighted by Crippen LogP contribution is -2.16.